The van der Waals surface area contributed by atoms with Gasteiger partial charge < -0.3 is 10.1 Å². The minimum atomic E-state index is -0.151. The lowest BCUT2D eigenvalue weighted by molar-refractivity contribution is 0.102. The summed E-state index contributed by atoms with van der Waals surface area (Å²) in [4.78, 5) is 17.5. The topological polar surface area (TPSA) is 51.2 Å². The number of pyridine rings is 1. The summed E-state index contributed by atoms with van der Waals surface area (Å²) in [5, 5.41) is 4.66. The minimum absolute atomic E-state index is 0.151. The van der Waals surface area contributed by atoms with Crippen molar-refractivity contribution in [2.45, 2.75) is 20.8 Å². The van der Waals surface area contributed by atoms with E-state index in [1.807, 2.05) is 26.2 Å². The highest BCUT2D eigenvalue weighted by Crippen LogP contribution is 2.24. The Labute approximate surface area is 116 Å². The molecular weight excluding hydrogens is 260 g/mol. The average Bonchev–Trinajstić information content (AvgIpc) is 2.73. The molecule has 2 rings (SSSR count). The molecule has 0 aliphatic heterocycles. The van der Waals surface area contributed by atoms with Crippen molar-refractivity contribution >= 4 is 23.1 Å². The van der Waals surface area contributed by atoms with Crippen molar-refractivity contribution in [2.75, 3.05) is 11.9 Å². The van der Waals surface area contributed by atoms with Crippen molar-refractivity contribution < 1.29 is 9.53 Å². The number of hydrogen-bond acceptors (Lipinski definition) is 4. The van der Waals surface area contributed by atoms with E-state index in [0.717, 1.165) is 10.4 Å². The third kappa shape index (κ3) is 2.93. The largest absolute Gasteiger partial charge is 0.490 e. The van der Waals surface area contributed by atoms with E-state index in [2.05, 4.69) is 10.3 Å². The number of carbonyl (C=O) groups excluding carboxylic acids is 1. The van der Waals surface area contributed by atoms with E-state index in [0.29, 0.717) is 23.7 Å². The van der Waals surface area contributed by atoms with E-state index in [1.54, 1.807) is 29.7 Å². The van der Waals surface area contributed by atoms with Gasteiger partial charge in [-0.2, -0.15) is 0 Å². The fourth-order valence-corrected chi connectivity index (χ4v) is 2.53. The van der Waals surface area contributed by atoms with E-state index in [4.69, 9.17) is 4.74 Å². The Bertz CT molecular complexity index is 593. The van der Waals surface area contributed by atoms with Crippen LogP contribution >= 0.6 is 11.3 Å². The highest BCUT2D eigenvalue weighted by atomic mass is 32.1. The molecule has 100 valence electrons. The van der Waals surface area contributed by atoms with Gasteiger partial charge in [-0.1, -0.05) is 0 Å². The lowest BCUT2D eigenvalue weighted by atomic mass is 10.1. The van der Waals surface area contributed by atoms with Crippen LogP contribution < -0.4 is 10.1 Å². The first-order valence-electron chi connectivity index (χ1n) is 6.07. The van der Waals surface area contributed by atoms with Crippen LogP contribution in [0.15, 0.2) is 23.7 Å². The second-order valence-electron chi connectivity index (χ2n) is 4.07. The van der Waals surface area contributed by atoms with Gasteiger partial charge in [-0.3, -0.25) is 4.79 Å². The molecule has 0 aliphatic carbocycles. The van der Waals surface area contributed by atoms with Crippen LogP contribution in [0.5, 0.6) is 5.75 Å². The zero-order valence-corrected chi connectivity index (χ0v) is 12.0. The number of aryl methyl sites for hydroxylation is 1. The number of thiophene rings is 1. The molecule has 0 saturated carbocycles. The van der Waals surface area contributed by atoms with Crippen LogP contribution in [0.4, 0.5) is 5.82 Å². The molecule has 0 spiro atoms. The monoisotopic (exact) mass is 276 g/mol. The van der Waals surface area contributed by atoms with Crippen LogP contribution in [0.3, 0.4) is 0 Å². The van der Waals surface area contributed by atoms with Crippen molar-refractivity contribution in [2.24, 2.45) is 0 Å². The third-order valence-electron chi connectivity index (χ3n) is 2.83. The fourth-order valence-electron chi connectivity index (χ4n) is 1.67. The molecule has 2 aromatic heterocycles. The van der Waals surface area contributed by atoms with Crippen molar-refractivity contribution in [1.82, 2.24) is 4.98 Å². The summed E-state index contributed by atoms with van der Waals surface area (Å²) in [6, 6.07) is 3.57. The summed E-state index contributed by atoms with van der Waals surface area (Å²) in [5.41, 5.74) is 1.70. The summed E-state index contributed by atoms with van der Waals surface area (Å²) >= 11 is 1.57. The summed E-state index contributed by atoms with van der Waals surface area (Å²) in [6.45, 7) is 6.38. The van der Waals surface area contributed by atoms with E-state index in [-0.39, 0.29) is 5.91 Å². The van der Waals surface area contributed by atoms with Gasteiger partial charge in [0.1, 0.15) is 0 Å². The minimum Gasteiger partial charge on any atom is -0.490 e. The number of amides is 1. The van der Waals surface area contributed by atoms with Crippen LogP contribution in [0.25, 0.3) is 0 Å². The Morgan fingerprint density at radius 3 is 2.89 bits per heavy atom. The average molecular weight is 276 g/mol. The maximum Gasteiger partial charge on any atom is 0.258 e. The van der Waals surface area contributed by atoms with Gasteiger partial charge in [0.25, 0.3) is 5.91 Å². The van der Waals surface area contributed by atoms with Crippen molar-refractivity contribution in [1.29, 1.82) is 0 Å². The Hall–Kier alpha value is -1.88. The molecular formula is C14H16N2O2S. The number of hydrogen-bond donors (Lipinski definition) is 1. The van der Waals surface area contributed by atoms with Gasteiger partial charge in [0, 0.05) is 16.5 Å². The van der Waals surface area contributed by atoms with Gasteiger partial charge >= 0.3 is 0 Å². The van der Waals surface area contributed by atoms with Crippen molar-refractivity contribution in [3.63, 3.8) is 0 Å². The van der Waals surface area contributed by atoms with Crippen LogP contribution in [-0.4, -0.2) is 17.5 Å². The molecule has 4 nitrogen and oxygen atoms in total. The number of carbonyl (C=O) groups is 1. The van der Waals surface area contributed by atoms with E-state index >= 15 is 0 Å². The molecule has 2 aromatic rings. The van der Waals surface area contributed by atoms with Crippen molar-refractivity contribution in [3.8, 4) is 5.75 Å². The van der Waals surface area contributed by atoms with Crippen LogP contribution in [-0.2, 0) is 0 Å². The number of ether oxygens (including phenoxy) is 1. The molecule has 19 heavy (non-hydrogen) atoms. The smallest absolute Gasteiger partial charge is 0.258 e. The predicted molar refractivity (Wildman–Crippen MR) is 77.2 cm³/mol. The highest BCUT2D eigenvalue weighted by molar-refractivity contribution is 7.10. The van der Waals surface area contributed by atoms with Gasteiger partial charge in [0.05, 0.1) is 12.2 Å². The van der Waals surface area contributed by atoms with Gasteiger partial charge in [-0.25, -0.2) is 4.98 Å². The second kappa shape index (κ2) is 5.84. The first-order chi connectivity index (χ1) is 9.13. The van der Waals surface area contributed by atoms with Crippen molar-refractivity contribution in [3.05, 3.63) is 39.7 Å². The Kier molecular flexibility index (Phi) is 4.16. The maximum atomic E-state index is 12.2. The molecule has 0 aromatic carbocycles. The molecule has 1 amide bonds. The Morgan fingerprint density at radius 2 is 2.26 bits per heavy atom. The number of nitrogens with zero attached hydrogens (tertiary/aromatic N) is 1. The van der Waals surface area contributed by atoms with Gasteiger partial charge in [-0.15, -0.1) is 11.3 Å². The Morgan fingerprint density at radius 1 is 1.47 bits per heavy atom. The number of nitrogens with one attached hydrogen (secondary N) is 1. The molecule has 5 heteroatoms. The van der Waals surface area contributed by atoms with Crippen LogP contribution in [0.2, 0.25) is 0 Å². The first-order valence-corrected chi connectivity index (χ1v) is 6.95. The fraction of sp³-hybridized carbons (Fsp3) is 0.286. The van der Waals surface area contributed by atoms with E-state index in [1.165, 1.54) is 0 Å². The van der Waals surface area contributed by atoms with Gasteiger partial charge in [-0.05, 0) is 38.5 Å². The molecule has 0 fully saturated rings. The van der Waals surface area contributed by atoms with Gasteiger partial charge in [0.2, 0.25) is 0 Å². The molecule has 0 aliphatic rings. The predicted octanol–water partition coefficient (Wildman–Crippen LogP) is 3.41. The Balaban J connectivity index is 2.22. The molecule has 0 atom stereocenters. The summed E-state index contributed by atoms with van der Waals surface area (Å²) in [6.07, 6.45) is 1.63. The summed E-state index contributed by atoms with van der Waals surface area (Å²) < 4.78 is 5.43. The number of aromatic nitrogens is 1. The summed E-state index contributed by atoms with van der Waals surface area (Å²) in [7, 11) is 0. The lowest BCUT2D eigenvalue weighted by Gasteiger charge is -2.09. The quantitative estimate of drug-likeness (QED) is 0.931. The van der Waals surface area contributed by atoms with Crippen LogP contribution in [0, 0.1) is 13.8 Å². The lowest BCUT2D eigenvalue weighted by Crippen LogP contribution is -2.14. The molecule has 0 saturated heterocycles. The highest BCUT2D eigenvalue weighted by Gasteiger charge is 2.15. The zero-order chi connectivity index (χ0) is 13.8. The molecule has 0 unspecified atom stereocenters. The summed E-state index contributed by atoms with van der Waals surface area (Å²) in [5.74, 6) is 0.891. The first kappa shape index (κ1) is 13.5. The van der Waals surface area contributed by atoms with Gasteiger partial charge in [0.15, 0.2) is 11.6 Å². The maximum absolute atomic E-state index is 12.2. The molecule has 2 heterocycles. The second-order valence-corrected chi connectivity index (χ2v) is 5.15. The standard InChI is InChI=1S/C14H16N2O2S/c1-4-18-12-6-5-7-15-13(12)16-14(17)11-8-19-10(3)9(11)2/h5-8H,4H2,1-3H3,(H,15,16,17). The van der Waals surface area contributed by atoms with E-state index in [9.17, 15) is 4.79 Å². The molecule has 0 radical (unpaired) electrons. The number of rotatable bonds is 4. The SMILES string of the molecule is CCOc1cccnc1NC(=O)c1csc(C)c1C. The van der Waals surface area contributed by atoms with Crippen LogP contribution in [0.1, 0.15) is 27.7 Å². The van der Waals surface area contributed by atoms with E-state index < -0.39 is 0 Å². The number of anilines is 1. The third-order valence-corrected chi connectivity index (χ3v) is 3.85. The molecule has 0 bridgehead atoms. The zero-order valence-electron chi connectivity index (χ0n) is 11.2. The normalized spacial score (nSPS) is 10.3. The molecule has 1 N–H and O–H groups in total.